The van der Waals surface area contributed by atoms with Crippen molar-refractivity contribution >= 4 is 17.1 Å². The number of benzene rings is 2. The van der Waals surface area contributed by atoms with Gasteiger partial charge in [-0.2, -0.15) is 0 Å². The van der Waals surface area contributed by atoms with Crippen LogP contribution < -0.4 is 0 Å². The molecule has 2 heteroatoms. The fourth-order valence-electron chi connectivity index (χ4n) is 1.53. The average Bonchev–Trinajstić information content (AvgIpc) is 2.23. The molecule has 0 heterocycles. The van der Waals surface area contributed by atoms with Gasteiger partial charge in [-0.3, -0.25) is 0 Å². The second kappa shape index (κ2) is 3.58. The van der Waals surface area contributed by atoms with E-state index < -0.39 is 0 Å². The molecule has 0 amide bonds. The van der Waals surface area contributed by atoms with Crippen molar-refractivity contribution in [2.24, 2.45) is 0 Å². The van der Waals surface area contributed by atoms with E-state index in [2.05, 4.69) is 0 Å². The van der Waals surface area contributed by atoms with Crippen LogP contribution in [0.3, 0.4) is 0 Å². The van der Waals surface area contributed by atoms with Crippen LogP contribution in [0.25, 0.3) is 10.8 Å². The maximum absolute atomic E-state index is 13.7. The number of hydrogen-bond donors (Lipinski definition) is 0. The Morgan fingerprint density at radius 2 is 1.93 bits per heavy atom. The summed E-state index contributed by atoms with van der Waals surface area (Å²) in [7, 11) is 0. The lowest BCUT2D eigenvalue weighted by atomic mass is 10.0. The lowest BCUT2D eigenvalue weighted by molar-refractivity contribution is -0.107. The molecule has 0 aliphatic rings. The van der Waals surface area contributed by atoms with Gasteiger partial charge in [0, 0.05) is 11.8 Å². The summed E-state index contributed by atoms with van der Waals surface area (Å²) < 4.78 is 13.7. The van der Waals surface area contributed by atoms with E-state index in [0.717, 1.165) is 5.39 Å². The number of hydrogen-bond acceptors (Lipinski definition) is 1. The summed E-state index contributed by atoms with van der Waals surface area (Å²) in [6.07, 6.45) is 0.851. The molecule has 0 radical (unpaired) electrons. The summed E-state index contributed by atoms with van der Waals surface area (Å²) in [5, 5.41) is 1.44. The van der Waals surface area contributed by atoms with Crippen LogP contribution in [0.2, 0.25) is 0 Å². The van der Waals surface area contributed by atoms with Crippen LogP contribution in [0.5, 0.6) is 0 Å². The first-order valence-electron chi connectivity index (χ1n) is 4.42. The molecule has 0 atom stereocenters. The first-order valence-corrected chi connectivity index (χ1v) is 4.42. The molecule has 0 aromatic heterocycles. The number of halogens is 1. The standard InChI is InChI=1S/C12H9FO/c13-12-10(7-8-14)6-5-9-3-1-2-4-11(9)12/h1-6,8H,7H2. The van der Waals surface area contributed by atoms with Crippen molar-refractivity contribution in [1.82, 2.24) is 0 Å². The Balaban J connectivity index is 2.68. The molecule has 0 bridgehead atoms. The van der Waals surface area contributed by atoms with Gasteiger partial charge in [-0.05, 0) is 10.9 Å². The smallest absolute Gasteiger partial charge is 0.134 e. The third-order valence-electron chi connectivity index (χ3n) is 2.25. The van der Waals surface area contributed by atoms with Gasteiger partial charge in [-0.25, -0.2) is 4.39 Å². The number of aldehydes is 1. The summed E-state index contributed by atoms with van der Waals surface area (Å²) in [6, 6.07) is 10.7. The Hall–Kier alpha value is -1.70. The number of rotatable bonds is 2. The van der Waals surface area contributed by atoms with Crippen molar-refractivity contribution in [2.45, 2.75) is 6.42 Å². The average molecular weight is 188 g/mol. The Bertz CT molecular complexity index is 477. The second-order valence-electron chi connectivity index (χ2n) is 3.13. The molecule has 0 spiro atoms. The number of fused-ring (bicyclic) bond motifs is 1. The van der Waals surface area contributed by atoms with Crippen LogP contribution in [-0.4, -0.2) is 6.29 Å². The maximum atomic E-state index is 13.7. The van der Waals surface area contributed by atoms with Gasteiger partial charge in [0.1, 0.15) is 12.1 Å². The zero-order chi connectivity index (χ0) is 9.97. The largest absolute Gasteiger partial charge is 0.303 e. The van der Waals surface area contributed by atoms with E-state index in [1.165, 1.54) is 0 Å². The zero-order valence-corrected chi connectivity index (χ0v) is 7.53. The van der Waals surface area contributed by atoms with Crippen molar-refractivity contribution in [3.63, 3.8) is 0 Å². The summed E-state index contributed by atoms with van der Waals surface area (Å²) in [4.78, 5) is 10.3. The number of carbonyl (C=O) groups excluding carboxylic acids is 1. The van der Waals surface area contributed by atoms with Crippen LogP contribution in [0.1, 0.15) is 5.56 Å². The van der Waals surface area contributed by atoms with E-state index in [0.29, 0.717) is 17.2 Å². The highest BCUT2D eigenvalue weighted by atomic mass is 19.1. The minimum absolute atomic E-state index is 0.136. The first kappa shape index (κ1) is 8.88. The molecular weight excluding hydrogens is 179 g/mol. The monoisotopic (exact) mass is 188 g/mol. The summed E-state index contributed by atoms with van der Waals surface area (Å²) in [6.45, 7) is 0. The fraction of sp³-hybridized carbons (Fsp3) is 0.0833. The molecule has 2 aromatic carbocycles. The van der Waals surface area contributed by atoms with Crippen molar-refractivity contribution in [1.29, 1.82) is 0 Å². The summed E-state index contributed by atoms with van der Waals surface area (Å²) in [5.41, 5.74) is 0.457. The highest BCUT2D eigenvalue weighted by Gasteiger charge is 2.05. The zero-order valence-electron chi connectivity index (χ0n) is 7.53. The molecule has 14 heavy (non-hydrogen) atoms. The quantitative estimate of drug-likeness (QED) is 0.662. The molecule has 70 valence electrons. The molecular formula is C12H9FO. The van der Waals surface area contributed by atoms with Gasteiger partial charge in [0.25, 0.3) is 0 Å². The SMILES string of the molecule is O=CCc1ccc2ccccc2c1F. The van der Waals surface area contributed by atoms with Gasteiger partial charge in [-0.15, -0.1) is 0 Å². The minimum atomic E-state index is -0.282. The third-order valence-corrected chi connectivity index (χ3v) is 2.25. The molecule has 1 nitrogen and oxygen atoms in total. The van der Waals surface area contributed by atoms with Crippen LogP contribution in [0, 0.1) is 5.82 Å². The number of carbonyl (C=O) groups is 1. The van der Waals surface area contributed by atoms with Crippen LogP contribution in [-0.2, 0) is 11.2 Å². The Morgan fingerprint density at radius 1 is 1.14 bits per heavy atom. The van der Waals surface area contributed by atoms with E-state index in [1.807, 2.05) is 18.2 Å². The van der Waals surface area contributed by atoms with Crippen LogP contribution in [0.15, 0.2) is 36.4 Å². The normalized spacial score (nSPS) is 10.4. The van der Waals surface area contributed by atoms with E-state index in [9.17, 15) is 9.18 Å². The van der Waals surface area contributed by atoms with Gasteiger partial charge in [-0.1, -0.05) is 36.4 Å². The van der Waals surface area contributed by atoms with Crippen LogP contribution in [0.4, 0.5) is 4.39 Å². The molecule has 0 N–H and O–H groups in total. The van der Waals surface area contributed by atoms with E-state index in [4.69, 9.17) is 0 Å². The third kappa shape index (κ3) is 1.39. The predicted octanol–water partition coefficient (Wildman–Crippen LogP) is 2.72. The molecule has 0 saturated heterocycles. The Kier molecular flexibility index (Phi) is 2.27. The Labute approximate surface area is 81.2 Å². The van der Waals surface area contributed by atoms with E-state index >= 15 is 0 Å². The minimum Gasteiger partial charge on any atom is -0.303 e. The lowest BCUT2D eigenvalue weighted by Crippen LogP contribution is -1.92. The predicted molar refractivity (Wildman–Crippen MR) is 53.7 cm³/mol. The van der Waals surface area contributed by atoms with Gasteiger partial charge in [0.05, 0.1) is 0 Å². The molecule has 0 fully saturated rings. The van der Waals surface area contributed by atoms with Crippen molar-refractivity contribution in [3.8, 4) is 0 Å². The van der Waals surface area contributed by atoms with Crippen molar-refractivity contribution < 1.29 is 9.18 Å². The first-order chi connectivity index (χ1) is 6.83. The molecule has 0 aliphatic carbocycles. The maximum Gasteiger partial charge on any atom is 0.134 e. The van der Waals surface area contributed by atoms with Gasteiger partial charge in [0.2, 0.25) is 0 Å². The van der Waals surface area contributed by atoms with Gasteiger partial charge in [0.15, 0.2) is 0 Å². The molecule has 0 aliphatic heterocycles. The second-order valence-corrected chi connectivity index (χ2v) is 3.13. The topological polar surface area (TPSA) is 17.1 Å². The van der Waals surface area contributed by atoms with Gasteiger partial charge >= 0.3 is 0 Å². The van der Waals surface area contributed by atoms with E-state index in [1.54, 1.807) is 18.2 Å². The van der Waals surface area contributed by atoms with Crippen LogP contribution >= 0.6 is 0 Å². The molecule has 2 rings (SSSR count). The van der Waals surface area contributed by atoms with Gasteiger partial charge < -0.3 is 4.79 Å². The molecule has 0 saturated carbocycles. The lowest BCUT2D eigenvalue weighted by Gasteiger charge is -2.02. The molecule has 2 aromatic rings. The van der Waals surface area contributed by atoms with Crippen molar-refractivity contribution in [2.75, 3.05) is 0 Å². The van der Waals surface area contributed by atoms with E-state index in [-0.39, 0.29) is 12.2 Å². The summed E-state index contributed by atoms with van der Waals surface area (Å²) >= 11 is 0. The summed E-state index contributed by atoms with van der Waals surface area (Å²) in [5.74, 6) is -0.282. The molecule has 0 unspecified atom stereocenters. The highest BCUT2D eigenvalue weighted by molar-refractivity contribution is 5.84. The Morgan fingerprint density at radius 3 is 2.71 bits per heavy atom. The highest BCUT2D eigenvalue weighted by Crippen LogP contribution is 2.20. The fourth-order valence-corrected chi connectivity index (χ4v) is 1.53. The van der Waals surface area contributed by atoms with Crippen molar-refractivity contribution in [3.05, 3.63) is 47.8 Å².